The minimum absolute atomic E-state index is 0.0119. The van der Waals surface area contributed by atoms with Crippen LogP contribution in [0.25, 0.3) is 87.9 Å². The van der Waals surface area contributed by atoms with Crippen LogP contribution in [-0.4, -0.2) is 159 Å². The van der Waals surface area contributed by atoms with Gasteiger partial charge in [-0.15, -0.1) is 25.5 Å². The van der Waals surface area contributed by atoms with Gasteiger partial charge >= 0.3 is 0 Å². The van der Waals surface area contributed by atoms with Gasteiger partial charge in [0.15, 0.2) is 52.3 Å². The fourth-order valence-electron chi connectivity index (χ4n) is 11.9. The molecule has 0 spiro atoms. The molecule has 6 N–H and O–H groups in total. The zero-order chi connectivity index (χ0) is 91.0. The van der Waals surface area contributed by atoms with Crippen LogP contribution in [0.5, 0.6) is 0 Å². The molecule has 5 heterocycles. The van der Waals surface area contributed by atoms with Gasteiger partial charge in [0.1, 0.15) is 31.6 Å². The van der Waals surface area contributed by atoms with E-state index >= 15 is 0 Å². The Kier molecular flexibility index (Phi) is 34.1. The smallest absolute Gasteiger partial charge is 0.263 e. The van der Waals surface area contributed by atoms with Crippen molar-refractivity contribution in [2.24, 2.45) is 17.3 Å². The molecular formula is C90H109N21O10. The Balaban J connectivity index is 0.000000213. The predicted octanol–water partition coefficient (Wildman–Crippen LogP) is 11.8. The Morgan fingerprint density at radius 2 is 0.678 bits per heavy atom. The van der Waals surface area contributed by atoms with Crippen LogP contribution in [0.2, 0.25) is 0 Å². The molecule has 11 rings (SSSR count). The van der Waals surface area contributed by atoms with Crippen LogP contribution in [0.3, 0.4) is 0 Å². The van der Waals surface area contributed by atoms with Crippen molar-refractivity contribution in [3.05, 3.63) is 209 Å². The van der Waals surface area contributed by atoms with Crippen LogP contribution >= 0.6 is 0 Å². The van der Waals surface area contributed by atoms with E-state index in [0.29, 0.717) is 42.0 Å². The van der Waals surface area contributed by atoms with Crippen molar-refractivity contribution >= 4 is 89.6 Å². The number of hydrogen-bond donors (Lipinski definition) is 6. The molecule has 0 saturated heterocycles. The largest absolute Gasteiger partial charge is 0.349 e. The fraction of sp³-hybridized carbons (Fsp3) is 0.333. The molecule has 5 aromatic carbocycles. The lowest BCUT2D eigenvalue weighted by Gasteiger charge is -2.17. The van der Waals surface area contributed by atoms with Gasteiger partial charge in [0.05, 0.1) is 26.2 Å². The number of amides is 6. The maximum absolute atomic E-state index is 12.0. The third-order valence-electron chi connectivity index (χ3n) is 17.3. The first-order chi connectivity index (χ1) is 58.6. The minimum atomic E-state index is -2.50. The fourth-order valence-corrected chi connectivity index (χ4v) is 11.9. The maximum atomic E-state index is 12.0. The Hall–Kier alpha value is -14.0. The second-order valence-electron chi connectivity index (χ2n) is 30.2. The first-order valence-corrected chi connectivity index (χ1v) is 39.3. The monoisotopic (exact) mass is 1650 g/mol. The minimum Gasteiger partial charge on any atom is -0.349 e. The molecule has 0 radical (unpaired) electrons. The molecule has 31 heteroatoms. The van der Waals surface area contributed by atoms with E-state index in [1.165, 1.54) is 106 Å². The highest BCUT2D eigenvalue weighted by Crippen LogP contribution is 2.26. The summed E-state index contributed by atoms with van der Waals surface area (Å²) < 4.78 is 29.4. The molecule has 5 aromatic heterocycles. The predicted molar refractivity (Wildman–Crippen MR) is 466 cm³/mol. The number of carbonyl (C=O) groups is 10. The van der Waals surface area contributed by atoms with Gasteiger partial charge in [-0.25, -0.2) is 48.3 Å². The summed E-state index contributed by atoms with van der Waals surface area (Å²) in [6.45, 7) is 27.2. The first kappa shape index (κ1) is 89.3. The van der Waals surface area contributed by atoms with Crippen molar-refractivity contribution in [3.63, 3.8) is 0 Å². The van der Waals surface area contributed by atoms with Crippen LogP contribution in [0.4, 0.5) is 0 Å². The van der Waals surface area contributed by atoms with Crippen molar-refractivity contribution < 1.29 is 52.1 Å². The molecule has 0 bridgehead atoms. The van der Waals surface area contributed by atoms with Crippen molar-refractivity contribution in [3.8, 4) is 56.9 Å². The quantitative estimate of drug-likeness (QED) is 0.0206. The molecule has 1 saturated carbocycles. The summed E-state index contributed by atoms with van der Waals surface area (Å²) in [5.41, 5.74) is 18.6. The first-order valence-electron chi connectivity index (χ1n) is 40.8. The highest BCUT2D eigenvalue weighted by molar-refractivity contribution is 5.98. The zero-order valence-corrected chi connectivity index (χ0v) is 71.3. The van der Waals surface area contributed by atoms with Crippen LogP contribution < -0.4 is 32.1 Å². The molecule has 0 aliphatic heterocycles. The van der Waals surface area contributed by atoms with E-state index in [1.807, 2.05) is 150 Å². The van der Waals surface area contributed by atoms with E-state index in [9.17, 15) is 47.9 Å². The van der Waals surface area contributed by atoms with Gasteiger partial charge in [-0.05, 0) is 149 Å². The average Bonchev–Trinajstić information content (AvgIpc) is 1.31. The van der Waals surface area contributed by atoms with Crippen LogP contribution in [0, 0.1) is 86.5 Å². The zero-order valence-electron chi connectivity index (χ0n) is 74.3. The average molecular weight is 1650 g/mol. The van der Waals surface area contributed by atoms with E-state index in [2.05, 4.69) is 107 Å². The molecule has 10 aromatic rings. The Labute approximate surface area is 709 Å². The number of nitrogens with zero attached hydrogens (tertiary/aromatic N) is 15. The number of aromatic nitrogens is 15. The van der Waals surface area contributed by atoms with Gasteiger partial charge in [-0.1, -0.05) is 140 Å². The van der Waals surface area contributed by atoms with E-state index in [4.69, 9.17) is 4.11 Å². The van der Waals surface area contributed by atoms with E-state index in [1.54, 1.807) is 32.1 Å². The molecule has 1 aliphatic carbocycles. The van der Waals surface area contributed by atoms with Crippen molar-refractivity contribution in [2.75, 3.05) is 26.2 Å². The van der Waals surface area contributed by atoms with Crippen molar-refractivity contribution in [1.82, 2.24) is 106 Å². The van der Waals surface area contributed by atoms with Gasteiger partial charge < -0.3 is 21.3 Å². The summed E-state index contributed by atoms with van der Waals surface area (Å²) in [6.07, 6.45) is 26.6. The molecular weight excluding hydrogens is 1540 g/mol. The summed E-state index contributed by atoms with van der Waals surface area (Å²) in [5.74, 6) is 0.549. The van der Waals surface area contributed by atoms with Crippen molar-refractivity contribution in [2.45, 2.75) is 156 Å². The SMILES string of the molecule is CC(=O)NCC(=O)/C=C\n1cnc(-c2cc(C)cc(C)c2)n1.CCC(=O)NCC(=O)/C=C\n1cnc(-c2cc(C)cc(C)c2)n1.Cc1cc(C)cc(-c2ncn(/C=C\C(=O)CNC(=O)C3CCCC3)n2)c1.Cc1cc(C)cc(-c2ncn(/C=C\C(=O)CNC(=O)CC(C)C)n2)c1.[2H]C([2H])([2H])C(C)(C)C(=O)NNC(=O)/C=C\n1cnc(-c2cc(C)cc(C)c2)n1. The van der Waals surface area contributed by atoms with E-state index < -0.39 is 24.1 Å². The maximum Gasteiger partial charge on any atom is 0.263 e. The standard InChI is InChI=1S/C20H24N4O2.C19H24N4O2.C18H23N5O2.C17H20N4O2.C16H18N4O2/c1-14-9-15(2)11-17(10-14)19-22-13-24(23-19)8-7-18(25)12-21-20(26)16-5-3-4-6-16;1-13(2)7-18(25)20-11-17(24)5-6-23-12-21-19(22-23)16-9-14(3)8-15(4)10-16;1-12-8-13(2)10-14(9-12)16-19-11-23(22-16)7-6-15(24)20-21-17(25)18(3,4)5;1-4-16(23)18-10-15(22)5-6-21-11-19-17(20-21)14-8-12(2)7-13(3)9-14;1-11-6-12(2)8-14(7-11)16-18-10-20(19-16)5-4-15(22)9-17-13(3)21/h7-11,13,16H,3-6,12H2,1-2H3,(H,21,26);5-6,8-10,12-13H,7,11H2,1-4H3,(H,20,25);6-11H,1-5H3,(H,20,24)(H,21,25);5-9,11H,4,10H2,1-3H3,(H,18,23);4-8,10H,9H2,1-3H3,(H,17,21)/b8-7-;6-5-;7-6-;6-5-;5-4-/i;;3D3;;. The summed E-state index contributed by atoms with van der Waals surface area (Å²) in [6, 6.07) is 30.5. The number of nitrogens with one attached hydrogen (secondary N) is 6. The molecule has 121 heavy (non-hydrogen) atoms. The van der Waals surface area contributed by atoms with Crippen molar-refractivity contribution in [1.29, 1.82) is 0 Å². The number of ketones is 4. The van der Waals surface area contributed by atoms with Gasteiger partial charge in [-0.2, -0.15) is 0 Å². The number of hydrazine groups is 1. The summed E-state index contributed by atoms with van der Waals surface area (Å²) >= 11 is 0. The van der Waals surface area contributed by atoms with Gasteiger partial charge in [-0.3, -0.25) is 58.8 Å². The number of rotatable bonds is 27. The molecule has 634 valence electrons. The Bertz CT molecular complexity index is 5490. The molecule has 0 atom stereocenters. The van der Waals surface area contributed by atoms with Crippen LogP contribution in [0.15, 0.2) is 153 Å². The normalized spacial score (nSPS) is 12.4. The molecule has 31 nitrogen and oxygen atoms in total. The topological polar surface area (TPSA) is 396 Å². The number of benzene rings is 5. The molecule has 1 aliphatic rings. The van der Waals surface area contributed by atoms with Gasteiger partial charge in [0.2, 0.25) is 29.5 Å². The second kappa shape index (κ2) is 46.2. The Morgan fingerprint density at radius 3 is 0.950 bits per heavy atom. The lowest BCUT2D eigenvalue weighted by molar-refractivity contribution is -0.132. The second-order valence-corrected chi connectivity index (χ2v) is 30.2. The highest BCUT2D eigenvalue weighted by atomic mass is 16.2. The number of aryl methyl sites for hydroxylation is 10. The third kappa shape index (κ3) is 33.9. The highest BCUT2D eigenvalue weighted by Gasteiger charge is 2.24. The van der Waals surface area contributed by atoms with Gasteiger partial charge in [0, 0.05) is 124 Å². The molecule has 1 fully saturated rings. The summed E-state index contributed by atoms with van der Waals surface area (Å²) in [5, 5.41) is 31.9. The lowest BCUT2D eigenvalue weighted by Crippen LogP contribution is -2.46. The van der Waals surface area contributed by atoms with E-state index in [-0.39, 0.29) is 84.8 Å². The van der Waals surface area contributed by atoms with Crippen LogP contribution in [0.1, 0.15) is 147 Å². The summed E-state index contributed by atoms with van der Waals surface area (Å²) in [4.78, 5) is 137. The van der Waals surface area contributed by atoms with E-state index in [0.717, 1.165) is 115 Å². The van der Waals surface area contributed by atoms with Crippen LogP contribution in [-0.2, 0) is 47.9 Å². The number of hydrogen-bond acceptors (Lipinski definition) is 20. The third-order valence-corrected chi connectivity index (χ3v) is 17.3. The Morgan fingerprint density at radius 1 is 0.405 bits per heavy atom. The molecule has 0 unspecified atom stereocenters. The molecule has 6 amide bonds. The lowest BCUT2D eigenvalue weighted by atomic mass is 9.96. The van der Waals surface area contributed by atoms with Gasteiger partial charge in [0.25, 0.3) is 5.91 Å². The summed E-state index contributed by atoms with van der Waals surface area (Å²) in [7, 11) is 0. The number of carbonyl (C=O) groups excluding carboxylic acids is 10.